The van der Waals surface area contributed by atoms with Crippen LogP contribution >= 0.6 is 0 Å². The summed E-state index contributed by atoms with van der Waals surface area (Å²) in [6.45, 7) is 5.58. The Hall–Kier alpha value is -4.06. The van der Waals surface area contributed by atoms with Gasteiger partial charge in [0.2, 0.25) is 0 Å². The monoisotopic (exact) mass is 443 g/mol. The van der Waals surface area contributed by atoms with Gasteiger partial charge in [0.1, 0.15) is 17.3 Å². The predicted molar refractivity (Wildman–Crippen MR) is 127 cm³/mol. The first-order valence-corrected chi connectivity index (χ1v) is 10.5. The number of carbonyl (C=O) groups is 2. The molecule has 3 aromatic rings. The number of phenolic OH excluding ortho intramolecular Hbond substituents is 1. The molecule has 3 aromatic carbocycles. The SMILES string of the molecule is COc1ccc(/C(O)=C2/C(=O)C(=O)N(c3cc(C)ccc3C)C2c2ccc(O)cc2)c(C)c1. The molecular formula is C27H25NO5. The minimum atomic E-state index is -0.854. The molecule has 1 atom stereocenters. The standard InChI is InChI=1S/C27H25NO5/c1-15-5-6-16(2)22(13-15)28-24(18-7-9-19(29)10-8-18)23(26(31)27(28)32)25(30)21-12-11-20(33-4)14-17(21)3/h5-14,24,29-30H,1-4H3/b25-23-. The number of phenols is 1. The van der Waals surface area contributed by atoms with E-state index in [-0.39, 0.29) is 17.1 Å². The molecular weight excluding hydrogens is 418 g/mol. The minimum absolute atomic E-state index is 0.000127. The largest absolute Gasteiger partial charge is 0.508 e. The van der Waals surface area contributed by atoms with Gasteiger partial charge in [0, 0.05) is 11.3 Å². The number of ether oxygens (including phenoxy) is 1. The van der Waals surface area contributed by atoms with E-state index in [2.05, 4.69) is 0 Å². The lowest BCUT2D eigenvalue weighted by atomic mass is 9.93. The molecule has 33 heavy (non-hydrogen) atoms. The first-order valence-electron chi connectivity index (χ1n) is 10.5. The van der Waals surface area contributed by atoms with Gasteiger partial charge in [0.05, 0.1) is 18.7 Å². The molecule has 0 spiro atoms. The topological polar surface area (TPSA) is 87.1 Å². The van der Waals surface area contributed by atoms with Gasteiger partial charge in [0.25, 0.3) is 11.7 Å². The number of hydrogen-bond donors (Lipinski definition) is 2. The van der Waals surface area contributed by atoms with Crippen molar-refractivity contribution in [1.82, 2.24) is 0 Å². The van der Waals surface area contributed by atoms with Gasteiger partial charge in [-0.2, -0.15) is 0 Å². The number of nitrogens with zero attached hydrogens (tertiary/aromatic N) is 1. The molecule has 1 amide bonds. The van der Waals surface area contributed by atoms with E-state index in [9.17, 15) is 19.8 Å². The number of aryl methyl sites for hydroxylation is 3. The highest BCUT2D eigenvalue weighted by atomic mass is 16.5. The summed E-state index contributed by atoms with van der Waals surface area (Å²) in [6, 6.07) is 16.2. The molecule has 4 rings (SSSR count). The first-order chi connectivity index (χ1) is 15.7. The quantitative estimate of drug-likeness (QED) is 0.338. The molecule has 1 unspecified atom stereocenters. The highest BCUT2D eigenvalue weighted by Crippen LogP contribution is 2.44. The van der Waals surface area contributed by atoms with E-state index >= 15 is 0 Å². The first kappa shape index (κ1) is 22.1. The smallest absolute Gasteiger partial charge is 0.300 e. The van der Waals surface area contributed by atoms with Crippen molar-refractivity contribution in [2.75, 3.05) is 12.0 Å². The third kappa shape index (κ3) is 3.84. The molecule has 2 N–H and O–H groups in total. The van der Waals surface area contributed by atoms with Crippen molar-refractivity contribution in [3.05, 3.63) is 94.1 Å². The Morgan fingerprint density at radius 2 is 1.61 bits per heavy atom. The normalized spacial score (nSPS) is 17.5. The molecule has 1 fully saturated rings. The van der Waals surface area contributed by atoms with Crippen molar-refractivity contribution in [1.29, 1.82) is 0 Å². The number of rotatable bonds is 4. The Bertz CT molecular complexity index is 1290. The van der Waals surface area contributed by atoms with E-state index in [1.807, 2.05) is 32.0 Å². The second kappa shape index (κ2) is 8.47. The summed E-state index contributed by atoms with van der Waals surface area (Å²) in [6.07, 6.45) is 0. The van der Waals surface area contributed by atoms with E-state index in [0.29, 0.717) is 28.1 Å². The van der Waals surface area contributed by atoms with Crippen LogP contribution in [0.25, 0.3) is 5.76 Å². The van der Waals surface area contributed by atoms with Crippen molar-refractivity contribution in [3.8, 4) is 11.5 Å². The number of benzene rings is 3. The summed E-state index contributed by atoms with van der Waals surface area (Å²) in [5.41, 5.74) is 4.11. The van der Waals surface area contributed by atoms with Crippen LogP contribution in [-0.4, -0.2) is 29.0 Å². The van der Waals surface area contributed by atoms with Crippen LogP contribution in [0.5, 0.6) is 11.5 Å². The minimum Gasteiger partial charge on any atom is -0.508 e. The van der Waals surface area contributed by atoms with Crippen molar-refractivity contribution in [3.63, 3.8) is 0 Å². The molecule has 0 radical (unpaired) electrons. The van der Waals surface area contributed by atoms with Crippen molar-refractivity contribution >= 4 is 23.1 Å². The molecule has 0 saturated carbocycles. The summed E-state index contributed by atoms with van der Waals surface area (Å²) in [5.74, 6) is -1.04. The van der Waals surface area contributed by atoms with Gasteiger partial charge in [-0.15, -0.1) is 0 Å². The summed E-state index contributed by atoms with van der Waals surface area (Å²) >= 11 is 0. The number of ketones is 1. The number of aromatic hydroxyl groups is 1. The molecule has 1 saturated heterocycles. The lowest BCUT2D eigenvalue weighted by molar-refractivity contribution is -0.132. The number of methoxy groups -OCH3 is 1. The zero-order valence-corrected chi connectivity index (χ0v) is 18.9. The lowest BCUT2D eigenvalue weighted by Gasteiger charge is -2.27. The zero-order valence-electron chi connectivity index (χ0n) is 18.9. The van der Waals surface area contributed by atoms with E-state index in [0.717, 1.165) is 11.1 Å². The maximum atomic E-state index is 13.3. The van der Waals surface area contributed by atoms with Crippen LogP contribution in [0.1, 0.15) is 33.9 Å². The van der Waals surface area contributed by atoms with E-state index in [1.165, 1.54) is 17.0 Å². The second-order valence-corrected chi connectivity index (χ2v) is 8.23. The van der Waals surface area contributed by atoms with Gasteiger partial charge in [-0.25, -0.2) is 0 Å². The lowest BCUT2D eigenvalue weighted by Crippen LogP contribution is -2.30. The molecule has 6 nitrogen and oxygen atoms in total. The van der Waals surface area contributed by atoms with Crippen LogP contribution in [0.4, 0.5) is 5.69 Å². The molecule has 0 aromatic heterocycles. The van der Waals surface area contributed by atoms with Gasteiger partial charge < -0.3 is 14.9 Å². The zero-order chi connectivity index (χ0) is 23.9. The Labute approximate surface area is 192 Å². The third-order valence-electron chi connectivity index (χ3n) is 5.97. The van der Waals surface area contributed by atoms with Crippen LogP contribution < -0.4 is 9.64 Å². The Kier molecular flexibility index (Phi) is 5.68. The number of aliphatic hydroxyl groups excluding tert-OH is 1. The highest BCUT2D eigenvalue weighted by Gasteiger charge is 2.47. The maximum Gasteiger partial charge on any atom is 0.300 e. The summed E-state index contributed by atoms with van der Waals surface area (Å²) in [7, 11) is 1.55. The summed E-state index contributed by atoms with van der Waals surface area (Å²) in [4.78, 5) is 28.0. The van der Waals surface area contributed by atoms with E-state index in [1.54, 1.807) is 44.4 Å². The van der Waals surface area contributed by atoms with Gasteiger partial charge >= 0.3 is 0 Å². The van der Waals surface area contributed by atoms with E-state index < -0.39 is 17.7 Å². The number of Topliss-reactive ketones (excluding diaryl/α,β-unsaturated/α-hetero) is 1. The number of aliphatic hydroxyl groups is 1. The van der Waals surface area contributed by atoms with Crippen molar-refractivity contribution in [2.24, 2.45) is 0 Å². The maximum absolute atomic E-state index is 13.3. The average molecular weight is 443 g/mol. The van der Waals surface area contributed by atoms with Crippen LogP contribution in [0.3, 0.4) is 0 Å². The van der Waals surface area contributed by atoms with Gasteiger partial charge in [-0.1, -0.05) is 24.3 Å². The Morgan fingerprint density at radius 3 is 2.24 bits per heavy atom. The number of amides is 1. The molecule has 0 bridgehead atoms. The Morgan fingerprint density at radius 1 is 0.909 bits per heavy atom. The molecule has 0 aliphatic carbocycles. The highest BCUT2D eigenvalue weighted by molar-refractivity contribution is 6.51. The molecule has 1 aliphatic heterocycles. The van der Waals surface area contributed by atoms with Crippen LogP contribution in [0.15, 0.2) is 66.2 Å². The second-order valence-electron chi connectivity index (χ2n) is 8.23. The van der Waals surface area contributed by atoms with Gasteiger partial charge in [-0.3, -0.25) is 14.5 Å². The fourth-order valence-corrected chi connectivity index (χ4v) is 4.21. The van der Waals surface area contributed by atoms with Crippen molar-refractivity contribution < 1.29 is 24.5 Å². The number of hydrogen-bond acceptors (Lipinski definition) is 5. The fourth-order valence-electron chi connectivity index (χ4n) is 4.21. The molecule has 6 heteroatoms. The van der Waals surface area contributed by atoms with Gasteiger partial charge in [0.15, 0.2) is 0 Å². The van der Waals surface area contributed by atoms with Gasteiger partial charge in [-0.05, 0) is 79.4 Å². The van der Waals surface area contributed by atoms with E-state index in [4.69, 9.17) is 4.74 Å². The number of carbonyl (C=O) groups excluding carboxylic acids is 2. The molecule has 1 heterocycles. The summed E-state index contributed by atoms with van der Waals surface area (Å²) < 4.78 is 5.24. The van der Waals surface area contributed by atoms with Crippen molar-refractivity contribution in [2.45, 2.75) is 26.8 Å². The average Bonchev–Trinajstić information content (AvgIpc) is 3.06. The molecule has 1 aliphatic rings. The van der Waals surface area contributed by atoms with Crippen LogP contribution in [-0.2, 0) is 9.59 Å². The Balaban J connectivity index is 1.98. The predicted octanol–water partition coefficient (Wildman–Crippen LogP) is 4.95. The fraction of sp³-hybridized carbons (Fsp3) is 0.185. The third-order valence-corrected chi connectivity index (χ3v) is 5.97. The van der Waals surface area contributed by atoms with Crippen LogP contribution in [0.2, 0.25) is 0 Å². The molecule has 168 valence electrons. The summed E-state index contributed by atoms with van der Waals surface area (Å²) in [5, 5.41) is 21.1. The number of anilines is 1. The van der Waals surface area contributed by atoms with Crippen LogP contribution in [0, 0.1) is 20.8 Å².